The summed E-state index contributed by atoms with van der Waals surface area (Å²) in [6, 6.07) is 2.21. The lowest BCUT2D eigenvalue weighted by atomic mass is 10.1. The number of aromatic carboxylic acids is 1. The van der Waals surface area contributed by atoms with E-state index in [1.807, 2.05) is 0 Å². The van der Waals surface area contributed by atoms with Gasteiger partial charge in [0.1, 0.15) is 10.7 Å². The van der Waals surface area contributed by atoms with E-state index < -0.39 is 29.2 Å². The normalized spacial score (nSPS) is 10.1. The van der Waals surface area contributed by atoms with Gasteiger partial charge in [-0.15, -0.1) is 0 Å². The molecule has 0 spiro atoms. The summed E-state index contributed by atoms with van der Waals surface area (Å²) in [4.78, 5) is 14.0. The maximum atomic E-state index is 12.4. The first-order valence-electron chi connectivity index (χ1n) is 3.59. The van der Waals surface area contributed by atoms with Gasteiger partial charge in [0.05, 0.1) is 11.1 Å². The highest BCUT2D eigenvalue weighted by atomic mass is 79.9. The molecule has 0 fully saturated rings. The van der Waals surface area contributed by atoms with E-state index in [2.05, 4.69) is 20.9 Å². The molecule has 15 heavy (non-hydrogen) atoms. The molecule has 0 atom stereocenters. The van der Waals surface area contributed by atoms with Gasteiger partial charge >= 0.3 is 5.97 Å². The lowest BCUT2D eigenvalue weighted by Gasteiger charge is -2.04. The molecular formula is C8H3BrF2N2O2. The van der Waals surface area contributed by atoms with Crippen LogP contribution >= 0.6 is 15.9 Å². The van der Waals surface area contributed by atoms with Crippen molar-refractivity contribution >= 4 is 21.9 Å². The van der Waals surface area contributed by atoms with Gasteiger partial charge in [-0.2, -0.15) is 5.26 Å². The van der Waals surface area contributed by atoms with Crippen LogP contribution in [0.4, 0.5) is 8.78 Å². The number of nitriles is 1. The van der Waals surface area contributed by atoms with Gasteiger partial charge in [-0.1, -0.05) is 0 Å². The SMILES string of the molecule is N#Cc1nc(Br)c(C(=O)O)cc1C(F)F. The summed E-state index contributed by atoms with van der Waals surface area (Å²) in [6.45, 7) is 0. The van der Waals surface area contributed by atoms with E-state index in [4.69, 9.17) is 10.4 Å². The van der Waals surface area contributed by atoms with Gasteiger partial charge in [0, 0.05) is 0 Å². The van der Waals surface area contributed by atoms with Crippen molar-refractivity contribution < 1.29 is 18.7 Å². The molecule has 0 amide bonds. The molecular weight excluding hydrogens is 274 g/mol. The first-order valence-corrected chi connectivity index (χ1v) is 4.38. The van der Waals surface area contributed by atoms with Crippen LogP contribution < -0.4 is 0 Å². The van der Waals surface area contributed by atoms with Crippen LogP contribution in [-0.2, 0) is 0 Å². The smallest absolute Gasteiger partial charge is 0.338 e. The second kappa shape index (κ2) is 4.31. The summed E-state index contributed by atoms with van der Waals surface area (Å²) in [7, 11) is 0. The molecule has 0 bridgehead atoms. The van der Waals surface area contributed by atoms with Crippen molar-refractivity contribution in [3.05, 3.63) is 27.5 Å². The number of carbonyl (C=O) groups is 1. The third kappa shape index (κ3) is 2.27. The van der Waals surface area contributed by atoms with Crippen molar-refractivity contribution in [2.75, 3.05) is 0 Å². The quantitative estimate of drug-likeness (QED) is 0.842. The highest BCUT2D eigenvalue weighted by Crippen LogP contribution is 2.26. The van der Waals surface area contributed by atoms with E-state index >= 15 is 0 Å². The van der Waals surface area contributed by atoms with E-state index in [9.17, 15) is 13.6 Å². The molecule has 7 heteroatoms. The van der Waals surface area contributed by atoms with Gasteiger partial charge in [-0.3, -0.25) is 0 Å². The molecule has 4 nitrogen and oxygen atoms in total. The summed E-state index contributed by atoms with van der Waals surface area (Å²) >= 11 is 2.78. The Morgan fingerprint density at radius 2 is 2.27 bits per heavy atom. The number of pyridine rings is 1. The lowest BCUT2D eigenvalue weighted by molar-refractivity contribution is 0.0694. The minimum atomic E-state index is -2.93. The first-order chi connectivity index (χ1) is 6.97. The largest absolute Gasteiger partial charge is 0.478 e. The monoisotopic (exact) mass is 276 g/mol. The van der Waals surface area contributed by atoms with Crippen molar-refractivity contribution in [1.29, 1.82) is 5.26 Å². The second-order valence-corrected chi connectivity index (χ2v) is 3.23. The first kappa shape index (κ1) is 11.5. The highest BCUT2D eigenvalue weighted by Gasteiger charge is 2.20. The van der Waals surface area contributed by atoms with Crippen molar-refractivity contribution in [3.63, 3.8) is 0 Å². The van der Waals surface area contributed by atoms with Gasteiger partial charge < -0.3 is 5.11 Å². The Labute approximate surface area is 91.3 Å². The number of halogens is 3. The summed E-state index contributed by atoms with van der Waals surface area (Å²) in [5.41, 5.74) is -1.57. The predicted molar refractivity (Wildman–Crippen MR) is 48.6 cm³/mol. The van der Waals surface area contributed by atoms with E-state index in [1.165, 1.54) is 6.07 Å². The van der Waals surface area contributed by atoms with Crippen molar-refractivity contribution in [2.24, 2.45) is 0 Å². The molecule has 0 radical (unpaired) electrons. The molecule has 1 heterocycles. The van der Waals surface area contributed by atoms with E-state index in [-0.39, 0.29) is 4.60 Å². The molecule has 1 aromatic rings. The fraction of sp³-hybridized carbons (Fsp3) is 0.125. The van der Waals surface area contributed by atoms with Crippen LogP contribution in [-0.4, -0.2) is 16.1 Å². The van der Waals surface area contributed by atoms with Crippen molar-refractivity contribution in [3.8, 4) is 6.07 Å². The highest BCUT2D eigenvalue weighted by molar-refractivity contribution is 9.10. The second-order valence-electron chi connectivity index (χ2n) is 2.48. The average molecular weight is 277 g/mol. The Bertz CT molecular complexity index is 457. The molecule has 0 saturated heterocycles. The van der Waals surface area contributed by atoms with E-state index in [0.717, 1.165) is 6.07 Å². The van der Waals surface area contributed by atoms with Gasteiger partial charge in [0.15, 0.2) is 5.69 Å². The summed E-state index contributed by atoms with van der Waals surface area (Å²) in [6.07, 6.45) is -2.93. The van der Waals surface area contributed by atoms with Gasteiger partial charge in [0.2, 0.25) is 0 Å². The summed E-state index contributed by atoms with van der Waals surface area (Å²) < 4.78 is 24.6. The molecule has 0 aliphatic rings. The van der Waals surface area contributed by atoms with Crippen LogP contribution in [0.1, 0.15) is 28.0 Å². The minimum Gasteiger partial charge on any atom is -0.478 e. The molecule has 0 unspecified atom stereocenters. The average Bonchev–Trinajstić information content (AvgIpc) is 2.16. The molecule has 0 aliphatic heterocycles. The number of hydrogen-bond acceptors (Lipinski definition) is 3. The number of nitrogens with zero attached hydrogens (tertiary/aromatic N) is 2. The molecule has 78 valence electrons. The maximum Gasteiger partial charge on any atom is 0.338 e. The molecule has 1 aromatic heterocycles. The fourth-order valence-electron chi connectivity index (χ4n) is 0.912. The Morgan fingerprint density at radius 3 is 2.67 bits per heavy atom. The van der Waals surface area contributed by atoms with E-state index in [0.29, 0.717) is 0 Å². The van der Waals surface area contributed by atoms with Crippen molar-refractivity contribution in [1.82, 2.24) is 4.98 Å². The van der Waals surface area contributed by atoms with Crippen LogP contribution in [0, 0.1) is 11.3 Å². The third-order valence-corrected chi connectivity index (χ3v) is 2.18. The Kier molecular flexibility index (Phi) is 3.31. The number of carboxylic acids is 1. The molecule has 1 N–H and O–H groups in total. The Balaban J connectivity index is 3.45. The molecule has 0 saturated carbocycles. The minimum absolute atomic E-state index is 0.143. The van der Waals surface area contributed by atoms with Gasteiger partial charge in [-0.05, 0) is 22.0 Å². The van der Waals surface area contributed by atoms with Gasteiger partial charge in [-0.25, -0.2) is 18.6 Å². The third-order valence-electron chi connectivity index (χ3n) is 1.58. The van der Waals surface area contributed by atoms with Crippen LogP contribution in [0.15, 0.2) is 10.7 Å². The topological polar surface area (TPSA) is 74.0 Å². The zero-order valence-electron chi connectivity index (χ0n) is 7.04. The van der Waals surface area contributed by atoms with E-state index in [1.54, 1.807) is 0 Å². The van der Waals surface area contributed by atoms with Crippen molar-refractivity contribution in [2.45, 2.75) is 6.43 Å². The molecule has 0 aromatic carbocycles. The number of hydrogen-bond donors (Lipinski definition) is 1. The predicted octanol–water partition coefficient (Wildman–Crippen LogP) is 2.35. The number of aromatic nitrogens is 1. The summed E-state index contributed by atoms with van der Waals surface area (Å²) in [5.74, 6) is -1.39. The zero-order chi connectivity index (χ0) is 11.6. The van der Waals surface area contributed by atoms with Crippen LogP contribution in [0.3, 0.4) is 0 Å². The standard InChI is InChI=1S/C8H3BrF2N2O2/c9-6-4(8(14)15)1-3(7(10)11)5(2-12)13-6/h1,7H,(H,14,15). The number of carboxylic acid groups (broad SMARTS) is 1. The number of rotatable bonds is 2. The Morgan fingerprint density at radius 1 is 1.67 bits per heavy atom. The van der Waals surface area contributed by atoms with Crippen LogP contribution in [0.2, 0.25) is 0 Å². The Hall–Kier alpha value is -1.55. The maximum absolute atomic E-state index is 12.4. The summed E-state index contributed by atoms with van der Waals surface area (Å²) in [5, 5.41) is 17.1. The molecule has 1 rings (SSSR count). The van der Waals surface area contributed by atoms with Crippen LogP contribution in [0.5, 0.6) is 0 Å². The fourth-order valence-corrected chi connectivity index (χ4v) is 1.37. The zero-order valence-corrected chi connectivity index (χ0v) is 8.62. The van der Waals surface area contributed by atoms with Gasteiger partial charge in [0.25, 0.3) is 6.43 Å². The number of alkyl halides is 2. The van der Waals surface area contributed by atoms with Crippen LogP contribution in [0.25, 0.3) is 0 Å². The molecule has 0 aliphatic carbocycles. The lowest BCUT2D eigenvalue weighted by Crippen LogP contribution is -2.04.